The van der Waals surface area contributed by atoms with E-state index in [9.17, 15) is 9.59 Å². The van der Waals surface area contributed by atoms with Crippen molar-refractivity contribution in [3.05, 3.63) is 29.8 Å². The zero-order chi connectivity index (χ0) is 19.4. The quantitative estimate of drug-likeness (QED) is 0.770. The highest BCUT2D eigenvalue weighted by atomic mass is 16.4. The monoisotopic (exact) mass is 373 g/mol. The lowest BCUT2D eigenvalue weighted by atomic mass is 9.94. The molecule has 6 nitrogen and oxygen atoms in total. The molecule has 1 aromatic carbocycles. The number of carboxylic acids is 1. The minimum Gasteiger partial charge on any atom is -0.481 e. The van der Waals surface area contributed by atoms with Crippen LogP contribution in [-0.2, 0) is 11.2 Å². The summed E-state index contributed by atoms with van der Waals surface area (Å²) in [4.78, 5) is 27.7. The van der Waals surface area contributed by atoms with E-state index in [1.807, 2.05) is 34.1 Å². The van der Waals surface area contributed by atoms with E-state index in [1.54, 1.807) is 0 Å². The van der Waals surface area contributed by atoms with E-state index in [4.69, 9.17) is 5.11 Å². The van der Waals surface area contributed by atoms with Crippen molar-refractivity contribution in [1.29, 1.82) is 0 Å². The van der Waals surface area contributed by atoms with Gasteiger partial charge in [-0.15, -0.1) is 0 Å². The van der Waals surface area contributed by atoms with Crippen LogP contribution in [-0.4, -0.2) is 53.7 Å². The van der Waals surface area contributed by atoms with Crippen molar-refractivity contribution >= 4 is 17.7 Å². The topological polar surface area (TPSA) is 72.9 Å². The summed E-state index contributed by atoms with van der Waals surface area (Å²) < 4.78 is 0. The molecule has 2 fully saturated rings. The Bertz CT molecular complexity index is 655. The Balaban J connectivity index is 1.63. The van der Waals surface area contributed by atoms with Crippen molar-refractivity contribution in [1.82, 2.24) is 10.2 Å². The summed E-state index contributed by atoms with van der Waals surface area (Å²) in [6.45, 7) is 7.23. The van der Waals surface area contributed by atoms with Gasteiger partial charge in [-0.3, -0.25) is 9.69 Å². The molecule has 2 aliphatic rings. The Kier molecular flexibility index (Phi) is 6.37. The van der Waals surface area contributed by atoms with E-state index in [2.05, 4.69) is 19.2 Å². The van der Waals surface area contributed by atoms with Crippen molar-refractivity contribution in [3.63, 3.8) is 0 Å². The Labute approximate surface area is 161 Å². The van der Waals surface area contributed by atoms with Crippen LogP contribution in [0.1, 0.15) is 45.1 Å². The van der Waals surface area contributed by atoms with Gasteiger partial charge in [0.15, 0.2) is 0 Å². The molecule has 0 saturated carbocycles. The highest BCUT2D eigenvalue weighted by Gasteiger charge is 2.41. The van der Waals surface area contributed by atoms with Gasteiger partial charge in [0, 0.05) is 18.7 Å². The molecule has 0 aromatic heterocycles. The van der Waals surface area contributed by atoms with Gasteiger partial charge in [0.2, 0.25) is 0 Å². The van der Waals surface area contributed by atoms with E-state index in [0.29, 0.717) is 12.3 Å². The van der Waals surface area contributed by atoms with Gasteiger partial charge in [0.1, 0.15) is 0 Å². The molecule has 2 atom stereocenters. The number of aryl methyl sites for hydroxylation is 1. The van der Waals surface area contributed by atoms with Crippen LogP contribution < -0.4 is 10.2 Å². The zero-order valence-electron chi connectivity index (χ0n) is 16.4. The summed E-state index contributed by atoms with van der Waals surface area (Å²) in [5, 5.41) is 12.2. The highest BCUT2D eigenvalue weighted by molar-refractivity contribution is 5.95. The fourth-order valence-electron chi connectivity index (χ4n) is 4.17. The maximum Gasteiger partial charge on any atom is 0.325 e. The van der Waals surface area contributed by atoms with Gasteiger partial charge in [-0.25, -0.2) is 4.79 Å². The molecule has 27 heavy (non-hydrogen) atoms. The first-order valence-electron chi connectivity index (χ1n) is 10.1. The first-order valence-corrected chi connectivity index (χ1v) is 10.1. The van der Waals surface area contributed by atoms with E-state index in [1.165, 1.54) is 12.8 Å². The van der Waals surface area contributed by atoms with Crippen LogP contribution in [0.5, 0.6) is 0 Å². The largest absolute Gasteiger partial charge is 0.481 e. The van der Waals surface area contributed by atoms with Gasteiger partial charge >= 0.3 is 12.0 Å². The number of anilines is 1. The summed E-state index contributed by atoms with van der Waals surface area (Å²) in [6.07, 6.45) is 4.12. The summed E-state index contributed by atoms with van der Waals surface area (Å²) in [5.74, 6) is -0.0789. The number of aliphatic carboxylic acids is 1. The number of hydrogen-bond acceptors (Lipinski definition) is 3. The number of hydrogen-bond donors (Lipinski definition) is 2. The molecule has 0 spiro atoms. The van der Waals surface area contributed by atoms with Crippen molar-refractivity contribution < 1.29 is 14.7 Å². The third-order valence-electron chi connectivity index (χ3n) is 6.13. The van der Waals surface area contributed by atoms with Crippen LogP contribution in [0.25, 0.3) is 0 Å². The Morgan fingerprint density at radius 2 is 1.81 bits per heavy atom. The smallest absolute Gasteiger partial charge is 0.325 e. The number of amides is 2. The minimum absolute atomic E-state index is 0.0854. The molecule has 1 aromatic rings. The average Bonchev–Trinajstić information content (AvgIpc) is 2.88. The number of carbonyl (C=O) groups is 2. The van der Waals surface area contributed by atoms with E-state index in [-0.39, 0.29) is 24.5 Å². The van der Waals surface area contributed by atoms with E-state index < -0.39 is 5.97 Å². The normalized spacial score (nSPS) is 23.9. The highest BCUT2D eigenvalue weighted by Crippen LogP contribution is 2.30. The first-order chi connectivity index (χ1) is 13.0. The number of rotatable bonds is 7. The molecule has 2 heterocycles. The van der Waals surface area contributed by atoms with Crippen molar-refractivity contribution in [2.24, 2.45) is 5.92 Å². The molecule has 0 aliphatic carbocycles. The second kappa shape index (κ2) is 8.74. The summed E-state index contributed by atoms with van der Waals surface area (Å²) >= 11 is 0. The predicted molar refractivity (Wildman–Crippen MR) is 106 cm³/mol. The molecule has 3 rings (SSSR count). The van der Waals surface area contributed by atoms with Crippen LogP contribution in [0, 0.1) is 5.92 Å². The number of carboxylic acid groups (broad SMARTS) is 1. The lowest BCUT2D eigenvalue weighted by Crippen LogP contribution is -2.36. The van der Waals surface area contributed by atoms with Crippen LogP contribution in [0.2, 0.25) is 0 Å². The Morgan fingerprint density at radius 3 is 2.44 bits per heavy atom. The lowest BCUT2D eigenvalue weighted by molar-refractivity contribution is -0.136. The Morgan fingerprint density at radius 1 is 1.15 bits per heavy atom. The van der Waals surface area contributed by atoms with Crippen molar-refractivity contribution in [2.75, 3.05) is 24.5 Å². The predicted octanol–water partition coefficient (Wildman–Crippen LogP) is 3.11. The number of piperidine rings is 1. The molecule has 2 N–H and O–H groups in total. The standard InChI is InChI=1S/C21H31N3O3/c1-15-16(2)24(19-6-3-17(4-7-19)5-8-20(25)26)21(27)23(15)14-11-18-9-12-22-13-10-18/h3-4,6-7,15-16,18,22H,5,8-14H2,1-2H3,(H,25,26)/t15-,16+/m0/s1. The molecule has 2 amide bonds. The molecule has 6 heteroatoms. The van der Waals surface area contributed by atoms with Gasteiger partial charge in [-0.05, 0) is 76.2 Å². The van der Waals surface area contributed by atoms with E-state index in [0.717, 1.165) is 37.3 Å². The molecule has 0 radical (unpaired) electrons. The van der Waals surface area contributed by atoms with Crippen molar-refractivity contribution in [2.45, 2.75) is 58.0 Å². The molecule has 0 unspecified atom stereocenters. The van der Waals surface area contributed by atoms with Crippen LogP contribution >= 0.6 is 0 Å². The maximum atomic E-state index is 13.1. The van der Waals surface area contributed by atoms with Crippen molar-refractivity contribution in [3.8, 4) is 0 Å². The fraction of sp³-hybridized carbons (Fsp3) is 0.619. The zero-order valence-corrected chi connectivity index (χ0v) is 16.4. The molecule has 148 valence electrons. The third-order valence-corrected chi connectivity index (χ3v) is 6.13. The molecule has 2 saturated heterocycles. The van der Waals surface area contributed by atoms with Crippen LogP contribution in [0.4, 0.5) is 10.5 Å². The fourth-order valence-corrected chi connectivity index (χ4v) is 4.17. The molecule has 2 aliphatic heterocycles. The lowest BCUT2D eigenvalue weighted by Gasteiger charge is -2.27. The second-order valence-corrected chi connectivity index (χ2v) is 7.87. The SMILES string of the molecule is C[C@@H]1[C@H](C)N(CCC2CCNCC2)C(=O)N1c1ccc(CCC(=O)O)cc1. The van der Waals surface area contributed by atoms with Gasteiger partial charge < -0.3 is 15.3 Å². The van der Waals surface area contributed by atoms with Crippen LogP contribution in [0.15, 0.2) is 24.3 Å². The number of benzene rings is 1. The number of carbonyl (C=O) groups excluding carboxylic acids is 1. The molecular weight excluding hydrogens is 342 g/mol. The van der Waals surface area contributed by atoms with Gasteiger partial charge in [-0.1, -0.05) is 12.1 Å². The first kappa shape index (κ1) is 19.7. The Hall–Kier alpha value is -2.08. The van der Waals surface area contributed by atoms with Gasteiger partial charge in [0.05, 0.1) is 12.1 Å². The number of nitrogens with one attached hydrogen (secondary N) is 1. The number of urea groups is 1. The second-order valence-electron chi connectivity index (χ2n) is 7.87. The summed E-state index contributed by atoms with van der Waals surface area (Å²) in [6, 6.07) is 8.13. The van der Waals surface area contributed by atoms with Gasteiger partial charge in [-0.2, -0.15) is 0 Å². The maximum absolute atomic E-state index is 13.1. The third kappa shape index (κ3) is 4.61. The average molecular weight is 373 g/mol. The minimum atomic E-state index is -0.791. The summed E-state index contributed by atoms with van der Waals surface area (Å²) in [7, 11) is 0. The molecular formula is C21H31N3O3. The number of nitrogens with zero attached hydrogens (tertiary/aromatic N) is 2. The van der Waals surface area contributed by atoms with Crippen LogP contribution in [0.3, 0.4) is 0 Å². The van der Waals surface area contributed by atoms with Gasteiger partial charge in [0.25, 0.3) is 0 Å². The van der Waals surface area contributed by atoms with E-state index >= 15 is 0 Å². The summed E-state index contributed by atoms with van der Waals surface area (Å²) in [5.41, 5.74) is 1.87. The molecule has 0 bridgehead atoms.